The van der Waals surface area contributed by atoms with Gasteiger partial charge in [-0.05, 0) is 24.3 Å². The molecule has 0 fully saturated rings. The molecule has 1 aromatic heterocycles. The van der Waals surface area contributed by atoms with Gasteiger partial charge in [-0.25, -0.2) is 0 Å². The van der Waals surface area contributed by atoms with Crippen LogP contribution in [-0.4, -0.2) is 41.1 Å². The number of allylic oxidation sites excluding steroid dienone is 1. The van der Waals surface area contributed by atoms with E-state index in [1.807, 2.05) is 30.2 Å². The molecule has 3 rings (SSSR count). The highest BCUT2D eigenvalue weighted by molar-refractivity contribution is 5.86. The fraction of sp³-hybridized carbons (Fsp3) is 0.333. The largest absolute Gasteiger partial charge is 0.480 e. The molecule has 0 spiro atoms. The van der Waals surface area contributed by atoms with Gasteiger partial charge in [0.2, 0.25) is 5.41 Å². The Labute approximate surface area is 145 Å². The van der Waals surface area contributed by atoms with Gasteiger partial charge in [-0.2, -0.15) is 10.5 Å². The van der Waals surface area contributed by atoms with Gasteiger partial charge < -0.3 is 15.7 Å². The third-order valence-corrected chi connectivity index (χ3v) is 5.05. The normalized spacial score (nSPS) is 29.2. The van der Waals surface area contributed by atoms with Crippen molar-refractivity contribution in [2.24, 2.45) is 17.1 Å². The second-order valence-corrected chi connectivity index (χ2v) is 6.38. The molecule has 0 bridgehead atoms. The first-order valence-corrected chi connectivity index (χ1v) is 7.81. The van der Waals surface area contributed by atoms with Crippen LogP contribution in [-0.2, 0) is 4.79 Å². The summed E-state index contributed by atoms with van der Waals surface area (Å²) >= 11 is 0. The molecule has 7 nitrogen and oxygen atoms in total. The predicted octanol–water partition coefficient (Wildman–Crippen LogP) is 0.998. The minimum Gasteiger partial charge on any atom is -0.480 e. The molecule has 1 aliphatic heterocycles. The Bertz CT molecular complexity index is 862. The standard InChI is InChI=1S/C18H17N5O2/c1-23-6-4-12-13(7-19)16(21)18(10-20,17(24)25)15(14(12)9-23)11-3-2-5-22-8-11/h2-5,8,14-15H,6,9,21H2,1H3,(H,24,25)/t14-,15+,18+/m0/s1. The van der Waals surface area contributed by atoms with E-state index in [1.54, 1.807) is 24.5 Å². The lowest BCUT2D eigenvalue weighted by Crippen LogP contribution is -2.51. The number of aliphatic carboxylic acids is 1. The molecule has 0 saturated heterocycles. The third kappa shape index (κ3) is 2.29. The number of nitrogens with zero attached hydrogens (tertiary/aromatic N) is 4. The highest BCUT2D eigenvalue weighted by atomic mass is 16.4. The van der Waals surface area contributed by atoms with E-state index in [0.717, 1.165) is 5.57 Å². The highest BCUT2D eigenvalue weighted by Gasteiger charge is 2.58. The maximum absolute atomic E-state index is 12.2. The lowest BCUT2D eigenvalue weighted by Gasteiger charge is -2.45. The van der Waals surface area contributed by atoms with Crippen molar-refractivity contribution >= 4 is 5.97 Å². The Morgan fingerprint density at radius 1 is 1.52 bits per heavy atom. The maximum atomic E-state index is 12.2. The molecule has 0 unspecified atom stereocenters. The van der Waals surface area contributed by atoms with Crippen LogP contribution in [0.5, 0.6) is 0 Å². The molecule has 3 N–H and O–H groups in total. The smallest absolute Gasteiger partial charge is 0.330 e. The molecule has 1 aromatic rings. The number of fused-ring (bicyclic) bond motifs is 1. The Kier molecular flexibility index (Phi) is 4.03. The van der Waals surface area contributed by atoms with E-state index in [2.05, 4.69) is 4.98 Å². The fourth-order valence-corrected chi connectivity index (χ4v) is 3.90. The van der Waals surface area contributed by atoms with Gasteiger partial charge in [0.25, 0.3) is 0 Å². The first-order chi connectivity index (χ1) is 12.0. The van der Waals surface area contributed by atoms with Crippen molar-refractivity contribution in [1.29, 1.82) is 10.5 Å². The van der Waals surface area contributed by atoms with Crippen LogP contribution in [0, 0.1) is 34.0 Å². The number of pyridine rings is 1. The molecule has 25 heavy (non-hydrogen) atoms. The van der Waals surface area contributed by atoms with Crippen LogP contribution in [0.4, 0.5) is 0 Å². The molecule has 0 aromatic carbocycles. The van der Waals surface area contributed by atoms with E-state index in [9.17, 15) is 20.4 Å². The van der Waals surface area contributed by atoms with E-state index < -0.39 is 17.3 Å². The average molecular weight is 335 g/mol. The molecule has 126 valence electrons. The molecule has 0 radical (unpaired) electrons. The van der Waals surface area contributed by atoms with Crippen LogP contribution in [0.2, 0.25) is 0 Å². The summed E-state index contributed by atoms with van der Waals surface area (Å²) in [6.45, 7) is 1.16. The molecular weight excluding hydrogens is 318 g/mol. The van der Waals surface area contributed by atoms with Gasteiger partial charge in [-0.15, -0.1) is 0 Å². The number of carboxylic acids is 1. The summed E-state index contributed by atoms with van der Waals surface area (Å²) in [5, 5.41) is 29.4. The Hall–Kier alpha value is -3.16. The van der Waals surface area contributed by atoms with Crippen LogP contribution in [0.1, 0.15) is 11.5 Å². The number of rotatable bonds is 2. The zero-order valence-electron chi connectivity index (χ0n) is 13.7. The summed E-state index contributed by atoms with van der Waals surface area (Å²) < 4.78 is 0. The molecular formula is C18H17N5O2. The molecule has 7 heteroatoms. The van der Waals surface area contributed by atoms with Crippen molar-refractivity contribution in [3.8, 4) is 12.1 Å². The number of carboxylic acid groups (broad SMARTS) is 1. The van der Waals surface area contributed by atoms with E-state index in [1.165, 1.54) is 0 Å². The van der Waals surface area contributed by atoms with Gasteiger partial charge in [-0.3, -0.25) is 9.78 Å². The van der Waals surface area contributed by atoms with Crippen LogP contribution < -0.4 is 5.73 Å². The number of nitrogens with two attached hydrogens (primary N) is 1. The summed E-state index contributed by atoms with van der Waals surface area (Å²) in [6.07, 6.45) is 5.05. The monoisotopic (exact) mass is 335 g/mol. The maximum Gasteiger partial charge on any atom is 0.330 e. The van der Waals surface area contributed by atoms with Crippen molar-refractivity contribution in [2.75, 3.05) is 20.1 Å². The van der Waals surface area contributed by atoms with Gasteiger partial charge in [-0.1, -0.05) is 12.1 Å². The number of carbonyl (C=O) groups is 1. The van der Waals surface area contributed by atoms with E-state index in [0.29, 0.717) is 18.7 Å². The highest BCUT2D eigenvalue weighted by Crippen LogP contribution is 2.54. The van der Waals surface area contributed by atoms with E-state index in [4.69, 9.17) is 5.73 Å². The molecule has 2 aliphatic rings. The SMILES string of the molecule is CN1CC=C2C(C#N)=C(N)[C@](C#N)(C(=O)O)[C@H](c3cccnc3)[C@H]2C1. The summed E-state index contributed by atoms with van der Waals surface area (Å²) in [5.74, 6) is -2.41. The van der Waals surface area contributed by atoms with Gasteiger partial charge in [0.15, 0.2) is 0 Å². The van der Waals surface area contributed by atoms with Crippen molar-refractivity contribution in [3.05, 3.63) is 53.0 Å². The Balaban J connectivity index is 2.37. The zero-order valence-corrected chi connectivity index (χ0v) is 13.7. The first kappa shape index (κ1) is 16.7. The summed E-state index contributed by atoms with van der Waals surface area (Å²) in [6, 6.07) is 7.40. The molecule has 0 saturated carbocycles. The number of likely N-dealkylation sites (N-methyl/N-ethyl adjacent to an activating group) is 1. The van der Waals surface area contributed by atoms with Crippen LogP contribution in [0.25, 0.3) is 0 Å². The number of hydrogen-bond donors (Lipinski definition) is 2. The molecule has 1 aliphatic carbocycles. The Morgan fingerprint density at radius 3 is 2.84 bits per heavy atom. The van der Waals surface area contributed by atoms with Crippen LogP contribution in [0.3, 0.4) is 0 Å². The fourth-order valence-electron chi connectivity index (χ4n) is 3.90. The summed E-state index contributed by atoms with van der Waals surface area (Å²) in [5.41, 5.74) is 5.39. The van der Waals surface area contributed by atoms with Crippen LogP contribution >= 0.6 is 0 Å². The van der Waals surface area contributed by atoms with Gasteiger partial charge in [0.1, 0.15) is 6.07 Å². The number of hydrogen-bond acceptors (Lipinski definition) is 6. The second kappa shape index (κ2) is 6.04. The van der Waals surface area contributed by atoms with E-state index >= 15 is 0 Å². The quantitative estimate of drug-likeness (QED) is 0.825. The molecule has 0 amide bonds. The van der Waals surface area contributed by atoms with E-state index in [-0.39, 0.29) is 17.2 Å². The van der Waals surface area contributed by atoms with Crippen molar-refractivity contribution < 1.29 is 9.90 Å². The molecule has 3 atom stereocenters. The van der Waals surface area contributed by atoms with Crippen molar-refractivity contribution in [2.45, 2.75) is 5.92 Å². The summed E-state index contributed by atoms with van der Waals surface area (Å²) in [7, 11) is 1.91. The Morgan fingerprint density at radius 2 is 2.28 bits per heavy atom. The predicted molar refractivity (Wildman–Crippen MR) is 88.6 cm³/mol. The lowest BCUT2D eigenvalue weighted by molar-refractivity contribution is -0.145. The average Bonchev–Trinajstić information content (AvgIpc) is 2.61. The lowest BCUT2D eigenvalue weighted by atomic mass is 9.57. The van der Waals surface area contributed by atoms with Gasteiger partial charge in [0, 0.05) is 37.3 Å². The summed E-state index contributed by atoms with van der Waals surface area (Å²) in [4.78, 5) is 18.3. The van der Waals surface area contributed by atoms with Crippen molar-refractivity contribution in [3.63, 3.8) is 0 Å². The third-order valence-electron chi connectivity index (χ3n) is 5.05. The topological polar surface area (TPSA) is 127 Å². The molecule has 2 heterocycles. The van der Waals surface area contributed by atoms with Gasteiger partial charge >= 0.3 is 5.97 Å². The number of aromatic nitrogens is 1. The zero-order chi connectivity index (χ0) is 18.2. The van der Waals surface area contributed by atoms with Crippen molar-refractivity contribution in [1.82, 2.24) is 9.88 Å². The minimum atomic E-state index is -2.01. The van der Waals surface area contributed by atoms with Crippen LogP contribution in [0.15, 0.2) is 47.4 Å². The first-order valence-electron chi connectivity index (χ1n) is 7.81. The minimum absolute atomic E-state index is 0.113. The van der Waals surface area contributed by atoms with Gasteiger partial charge in [0.05, 0.1) is 17.3 Å². The number of nitriles is 2. The second-order valence-electron chi connectivity index (χ2n) is 6.38.